The molecule has 2 heterocycles. The average molecular weight is 420 g/mol. The van der Waals surface area contributed by atoms with Crippen molar-refractivity contribution < 1.29 is 14.3 Å². The fourth-order valence-corrected chi connectivity index (χ4v) is 3.96. The fraction of sp³-hybridized carbons (Fsp3) is 0.545. The number of likely N-dealkylation sites (tertiary alicyclic amines) is 1. The van der Waals surface area contributed by atoms with Gasteiger partial charge in [0.25, 0.3) is 5.91 Å². The minimum absolute atomic E-state index is 0.161. The van der Waals surface area contributed by atoms with Crippen LogP contribution >= 0.6 is 11.6 Å². The second kappa shape index (κ2) is 8.76. The molecule has 0 saturated carbocycles. The van der Waals surface area contributed by atoms with Crippen LogP contribution in [0.2, 0.25) is 0 Å². The average Bonchev–Trinajstić information content (AvgIpc) is 2.79. The molecule has 0 aromatic heterocycles. The largest absolute Gasteiger partial charge is 0.484 e. The van der Waals surface area contributed by atoms with Gasteiger partial charge < -0.3 is 19.9 Å². The molecule has 2 aliphatic rings. The number of hydrogen-bond donors (Lipinski definition) is 1. The molecular formula is C22H30ClN3O3. The molecule has 1 aromatic rings. The molecule has 0 bridgehead atoms. The van der Waals surface area contributed by atoms with Gasteiger partial charge in [0, 0.05) is 37.5 Å². The fourth-order valence-electron chi connectivity index (χ4n) is 3.88. The predicted molar refractivity (Wildman–Crippen MR) is 114 cm³/mol. The number of carbonyl (C=O) groups is 2. The SMILES string of the molecule is CC(Cl)=CCNC(=O)C(C)N1CC2(CCN(C)CC2)Oc2ccc(C)cc2C1=O. The molecule has 0 aliphatic carbocycles. The Morgan fingerprint density at radius 2 is 2.07 bits per heavy atom. The van der Waals surface area contributed by atoms with Crippen LogP contribution in [0.5, 0.6) is 5.75 Å². The molecule has 3 rings (SSSR count). The first-order valence-electron chi connectivity index (χ1n) is 10.1. The van der Waals surface area contributed by atoms with Crippen molar-refractivity contribution in [3.05, 3.63) is 40.4 Å². The van der Waals surface area contributed by atoms with Crippen LogP contribution in [-0.2, 0) is 4.79 Å². The maximum atomic E-state index is 13.4. The Bertz CT molecular complexity index is 812. The molecule has 1 unspecified atom stereocenters. The van der Waals surface area contributed by atoms with Gasteiger partial charge in [-0.05, 0) is 40.0 Å². The number of nitrogens with zero attached hydrogens (tertiary/aromatic N) is 2. The van der Waals surface area contributed by atoms with Gasteiger partial charge >= 0.3 is 0 Å². The number of ether oxygens (including phenoxy) is 1. The van der Waals surface area contributed by atoms with E-state index in [2.05, 4.69) is 17.3 Å². The summed E-state index contributed by atoms with van der Waals surface area (Å²) >= 11 is 5.84. The Kier molecular flexibility index (Phi) is 6.54. The molecule has 7 heteroatoms. The highest BCUT2D eigenvalue weighted by Crippen LogP contribution is 2.36. The Morgan fingerprint density at radius 1 is 1.38 bits per heavy atom. The van der Waals surface area contributed by atoms with Crippen LogP contribution in [-0.4, -0.2) is 66.5 Å². The van der Waals surface area contributed by atoms with Gasteiger partial charge in [-0.1, -0.05) is 29.3 Å². The third kappa shape index (κ3) is 4.93. The van der Waals surface area contributed by atoms with E-state index in [1.54, 1.807) is 24.8 Å². The van der Waals surface area contributed by atoms with Gasteiger partial charge in [-0.15, -0.1) is 0 Å². The summed E-state index contributed by atoms with van der Waals surface area (Å²) in [6.45, 7) is 8.00. The lowest BCUT2D eigenvalue weighted by atomic mass is 9.90. The number of aryl methyl sites for hydroxylation is 1. The lowest BCUT2D eigenvalue weighted by Gasteiger charge is -2.42. The van der Waals surface area contributed by atoms with E-state index in [4.69, 9.17) is 16.3 Å². The number of rotatable bonds is 4. The molecule has 1 aromatic carbocycles. The van der Waals surface area contributed by atoms with Crippen LogP contribution in [0.1, 0.15) is 42.6 Å². The normalized spacial score (nSPS) is 20.7. The molecule has 158 valence electrons. The molecule has 2 amide bonds. The highest BCUT2D eigenvalue weighted by atomic mass is 35.5. The zero-order chi connectivity index (χ0) is 21.2. The van der Waals surface area contributed by atoms with Crippen LogP contribution in [0.15, 0.2) is 29.3 Å². The molecule has 1 N–H and O–H groups in total. The van der Waals surface area contributed by atoms with Crippen molar-refractivity contribution in [1.29, 1.82) is 0 Å². The summed E-state index contributed by atoms with van der Waals surface area (Å²) in [7, 11) is 2.09. The van der Waals surface area contributed by atoms with Crippen LogP contribution in [0.25, 0.3) is 0 Å². The summed E-state index contributed by atoms with van der Waals surface area (Å²) in [6, 6.07) is 5.08. The van der Waals surface area contributed by atoms with Crippen molar-refractivity contribution in [1.82, 2.24) is 15.1 Å². The Balaban J connectivity index is 1.91. The monoisotopic (exact) mass is 419 g/mol. The number of benzene rings is 1. The number of carbonyl (C=O) groups excluding carboxylic acids is 2. The van der Waals surface area contributed by atoms with Gasteiger partial charge in [0.2, 0.25) is 5.91 Å². The van der Waals surface area contributed by atoms with Crippen LogP contribution in [0.4, 0.5) is 0 Å². The summed E-state index contributed by atoms with van der Waals surface area (Å²) in [5.74, 6) is 0.249. The third-order valence-electron chi connectivity index (χ3n) is 5.82. The van der Waals surface area contributed by atoms with Crippen molar-refractivity contribution in [3.63, 3.8) is 0 Å². The summed E-state index contributed by atoms with van der Waals surface area (Å²) in [6.07, 6.45) is 3.35. The zero-order valence-corrected chi connectivity index (χ0v) is 18.4. The van der Waals surface area contributed by atoms with E-state index in [1.165, 1.54) is 0 Å². The summed E-state index contributed by atoms with van der Waals surface area (Å²) in [4.78, 5) is 30.1. The van der Waals surface area contributed by atoms with Gasteiger partial charge in [-0.3, -0.25) is 9.59 Å². The molecule has 6 nitrogen and oxygen atoms in total. The molecule has 0 radical (unpaired) electrons. The number of hydrogen-bond acceptors (Lipinski definition) is 4. The van der Waals surface area contributed by atoms with E-state index >= 15 is 0 Å². The molecule has 1 saturated heterocycles. The maximum Gasteiger partial charge on any atom is 0.258 e. The van der Waals surface area contributed by atoms with Crippen LogP contribution < -0.4 is 10.1 Å². The van der Waals surface area contributed by atoms with Crippen molar-refractivity contribution in [2.75, 3.05) is 33.2 Å². The molecule has 2 aliphatic heterocycles. The van der Waals surface area contributed by atoms with Gasteiger partial charge in [0.1, 0.15) is 17.4 Å². The lowest BCUT2D eigenvalue weighted by molar-refractivity contribution is -0.125. The van der Waals surface area contributed by atoms with Gasteiger partial charge in [-0.25, -0.2) is 0 Å². The van der Waals surface area contributed by atoms with Crippen LogP contribution in [0.3, 0.4) is 0 Å². The number of amides is 2. The minimum Gasteiger partial charge on any atom is -0.484 e. The first-order chi connectivity index (χ1) is 13.7. The van der Waals surface area contributed by atoms with E-state index in [1.807, 2.05) is 25.1 Å². The second-order valence-corrected chi connectivity index (χ2v) is 8.83. The first kappa shape index (κ1) is 21.7. The lowest BCUT2D eigenvalue weighted by Crippen LogP contribution is -2.57. The van der Waals surface area contributed by atoms with E-state index < -0.39 is 11.6 Å². The van der Waals surface area contributed by atoms with Crippen LogP contribution in [0, 0.1) is 6.92 Å². The number of piperidine rings is 1. The van der Waals surface area contributed by atoms with Gasteiger partial charge in [0.05, 0.1) is 12.1 Å². The molecule has 1 atom stereocenters. The summed E-state index contributed by atoms with van der Waals surface area (Å²) < 4.78 is 6.48. The van der Waals surface area contributed by atoms with E-state index in [0.29, 0.717) is 29.4 Å². The minimum atomic E-state index is -0.613. The maximum absolute atomic E-state index is 13.4. The van der Waals surface area contributed by atoms with Crippen molar-refractivity contribution in [2.45, 2.75) is 45.3 Å². The Morgan fingerprint density at radius 3 is 2.72 bits per heavy atom. The van der Waals surface area contributed by atoms with Crippen molar-refractivity contribution >= 4 is 23.4 Å². The van der Waals surface area contributed by atoms with Crippen molar-refractivity contribution in [3.8, 4) is 5.75 Å². The highest BCUT2D eigenvalue weighted by molar-refractivity contribution is 6.29. The molecule has 1 spiro atoms. The van der Waals surface area contributed by atoms with E-state index in [0.717, 1.165) is 31.5 Å². The second-order valence-electron chi connectivity index (χ2n) is 8.23. The summed E-state index contributed by atoms with van der Waals surface area (Å²) in [5, 5.41) is 3.46. The number of fused-ring (bicyclic) bond motifs is 1. The van der Waals surface area contributed by atoms with E-state index in [9.17, 15) is 9.59 Å². The standard InChI is InChI=1S/C22H30ClN3O3/c1-15-5-6-19-18(13-15)21(28)26(17(3)20(27)24-10-7-16(2)23)14-22(29-19)8-11-25(4)12-9-22/h5-7,13,17H,8-12,14H2,1-4H3,(H,24,27). The predicted octanol–water partition coefficient (Wildman–Crippen LogP) is 2.94. The topological polar surface area (TPSA) is 61.9 Å². The number of halogens is 1. The molecule has 1 fully saturated rings. The zero-order valence-electron chi connectivity index (χ0n) is 17.6. The Hall–Kier alpha value is -2.05. The number of allylic oxidation sites excluding steroid dienone is 1. The summed E-state index contributed by atoms with van der Waals surface area (Å²) in [5.41, 5.74) is 1.03. The molecule has 29 heavy (non-hydrogen) atoms. The van der Waals surface area contributed by atoms with Crippen molar-refractivity contribution in [2.24, 2.45) is 0 Å². The smallest absolute Gasteiger partial charge is 0.258 e. The van der Waals surface area contributed by atoms with Gasteiger partial charge in [-0.2, -0.15) is 0 Å². The van der Waals surface area contributed by atoms with E-state index in [-0.39, 0.29) is 11.8 Å². The first-order valence-corrected chi connectivity index (χ1v) is 10.5. The quantitative estimate of drug-likeness (QED) is 0.815. The Labute approximate surface area is 177 Å². The molecular weight excluding hydrogens is 390 g/mol. The third-order valence-corrected chi connectivity index (χ3v) is 5.97. The number of nitrogens with one attached hydrogen (secondary N) is 1. The van der Waals surface area contributed by atoms with Gasteiger partial charge in [0.15, 0.2) is 0 Å². The highest BCUT2D eigenvalue weighted by Gasteiger charge is 2.44.